The monoisotopic (exact) mass is 368 g/mol. The number of thioether (sulfide) groups is 1. The van der Waals surface area contributed by atoms with Crippen LogP contribution in [0, 0.1) is 0 Å². The molecule has 0 N–H and O–H groups in total. The van der Waals surface area contributed by atoms with Crippen LogP contribution < -0.4 is 4.57 Å². The van der Waals surface area contributed by atoms with Crippen molar-refractivity contribution in [2.45, 2.75) is 11.6 Å². The molecule has 3 aromatic carbocycles. The lowest BCUT2D eigenvalue weighted by Gasteiger charge is -2.11. The molecule has 0 aliphatic rings. The van der Waals surface area contributed by atoms with Crippen LogP contribution in [0.1, 0.15) is 5.56 Å². The average Bonchev–Trinajstić information content (AvgIpc) is 2.76. The number of rotatable bonds is 5. The first-order valence-corrected chi connectivity index (χ1v) is 10.3. The molecular weight excluding hydrogens is 346 g/mol. The highest BCUT2D eigenvalue weighted by Gasteiger charge is 2.21. The van der Waals surface area contributed by atoms with Gasteiger partial charge in [0, 0.05) is 23.3 Å². The van der Waals surface area contributed by atoms with E-state index >= 15 is 0 Å². The van der Waals surface area contributed by atoms with Gasteiger partial charge in [0.2, 0.25) is 10.7 Å². The normalized spacial score (nSPS) is 10.7. The summed E-state index contributed by atoms with van der Waals surface area (Å²) < 4.78 is 2.42. The van der Waals surface area contributed by atoms with Gasteiger partial charge in [0.15, 0.2) is 6.54 Å². The summed E-state index contributed by atoms with van der Waals surface area (Å²) >= 11 is 1.80. The van der Waals surface area contributed by atoms with E-state index in [-0.39, 0.29) is 0 Å². The van der Waals surface area contributed by atoms with Crippen LogP contribution in [0.15, 0.2) is 108 Å². The molecule has 27 heavy (non-hydrogen) atoms. The van der Waals surface area contributed by atoms with E-state index in [0.717, 1.165) is 6.54 Å². The Labute approximate surface area is 165 Å². The van der Waals surface area contributed by atoms with Crippen molar-refractivity contribution in [2.75, 3.05) is 6.26 Å². The van der Waals surface area contributed by atoms with Crippen molar-refractivity contribution in [3.63, 3.8) is 0 Å². The Morgan fingerprint density at radius 3 is 1.78 bits per heavy atom. The molecule has 1 nitrogen and oxygen atoms in total. The topological polar surface area (TPSA) is 3.88 Å². The Balaban J connectivity index is 1.91. The van der Waals surface area contributed by atoms with Crippen LogP contribution in [0.25, 0.3) is 22.4 Å². The number of pyridine rings is 1. The lowest BCUT2D eigenvalue weighted by Crippen LogP contribution is -2.39. The van der Waals surface area contributed by atoms with Gasteiger partial charge in [0.25, 0.3) is 0 Å². The van der Waals surface area contributed by atoms with E-state index in [1.807, 2.05) is 0 Å². The Morgan fingerprint density at radius 1 is 0.630 bits per heavy atom. The molecule has 0 amide bonds. The molecule has 2 heteroatoms. The second-order valence-corrected chi connectivity index (χ2v) is 7.30. The molecule has 4 rings (SSSR count). The smallest absolute Gasteiger partial charge is 0.182 e. The van der Waals surface area contributed by atoms with Crippen LogP contribution in [0.4, 0.5) is 0 Å². The third-order valence-corrected chi connectivity index (χ3v) is 5.45. The van der Waals surface area contributed by atoms with Gasteiger partial charge in [-0.05, 0) is 29.5 Å². The molecule has 1 aromatic heterocycles. The molecule has 0 aliphatic heterocycles. The maximum atomic E-state index is 2.42. The van der Waals surface area contributed by atoms with Crippen molar-refractivity contribution < 1.29 is 4.57 Å². The highest BCUT2D eigenvalue weighted by molar-refractivity contribution is 7.98. The molecule has 4 aromatic rings. The average molecular weight is 369 g/mol. The number of benzene rings is 3. The van der Waals surface area contributed by atoms with Crippen LogP contribution in [0.2, 0.25) is 0 Å². The Morgan fingerprint density at radius 2 is 1.19 bits per heavy atom. The zero-order valence-electron chi connectivity index (χ0n) is 15.4. The number of hydrogen-bond donors (Lipinski definition) is 0. The van der Waals surface area contributed by atoms with Crippen molar-refractivity contribution in [3.8, 4) is 22.4 Å². The molecule has 1 heterocycles. The first-order chi connectivity index (χ1) is 13.3. The van der Waals surface area contributed by atoms with E-state index in [1.54, 1.807) is 11.8 Å². The molecule has 132 valence electrons. The lowest BCUT2D eigenvalue weighted by atomic mass is 10.0. The Kier molecular flexibility index (Phi) is 5.36. The molecule has 0 fully saturated rings. The van der Waals surface area contributed by atoms with Crippen molar-refractivity contribution in [1.29, 1.82) is 0 Å². The van der Waals surface area contributed by atoms with Crippen molar-refractivity contribution in [2.24, 2.45) is 0 Å². The Hall–Kier alpha value is -2.84. The second kappa shape index (κ2) is 8.24. The minimum Gasteiger partial charge on any atom is -0.182 e. The second-order valence-electron chi connectivity index (χ2n) is 6.48. The number of hydrogen-bond acceptors (Lipinski definition) is 1. The highest BCUT2D eigenvalue weighted by atomic mass is 32.2. The third-order valence-electron chi connectivity index (χ3n) is 4.70. The summed E-state index contributed by atoms with van der Waals surface area (Å²) in [5.74, 6) is 0. The quantitative estimate of drug-likeness (QED) is 0.305. The van der Waals surface area contributed by atoms with Crippen molar-refractivity contribution >= 4 is 11.8 Å². The van der Waals surface area contributed by atoms with Gasteiger partial charge in [-0.2, -0.15) is 4.57 Å². The first kappa shape index (κ1) is 17.6. The SMILES string of the molecule is CSc1cc(-c2ccccc2)cc(-c2ccccc2)[n+]1Cc1ccccc1. The minimum atomic E-state index is 0.857. The van der Waals surface area contributed by atoms with E-state index < -0.39 is 0 Å². The summed E-state index contributed by atoms with van der Waals surface area (Å²) in [7, 11) is 0. The molecule has 0 spiro atoms. The van der Waals surface area contributed by atoms with Crippen LogP contribution in [-0.2, 0) is 6.54 Å². The maximum Gasteiger partial charge on any atom is 0.241 e. The number of nitrogens with zero attached hydrogens (tertiary/aromatic N) is 1. The standard InChI is InChI=1S/C25H22NS/c1-27-25-18-23(21-13-7-3-8-14-21)17-24(22-15-9-4-10-16-22)26(25)19-20-11-5-2-6-12-20/h2-18H,19H2,1H3/q+1. The fourth-order valence-electron chi connectivity index (χ4n) is 3.34. The first-order valence-electron chi connectivity index (χ1n) is 9.12. The van der Waals surface area contributed by atoms with Crippen molar-refractivity contribution in [1.82, 2.24) is 0 Å². The van der Waals surface area contributed by atoms with Gasteiger partial charge in [-0.25, -0.2) is 0 Å². The fraction of sp³-hybridized carbons (Fsp3) is 0.0800. The predicted octanol–water partition coefficient (Wildman–Crippen LogP) is 6.08. The van der Waals surface area contributed by atoms with E-state index in [1.165, 1.54) is 33.0 Å². The molecule has 0 radical (unpaired) electrons. The van der Waals surface area contributed by atoms with Gasteiger partial charge in [-0.1, -0.05) is 90.6 Å². The molecular formula is C25H22NS+. The summed E-state index contributed by atoms with van der Waals surface area (Å²) in [4.78, 5) is 0. The third kappa shape index (κ3) is 3.96. The zero-order valence-corrected chi connectivity index (χ0v) is 16.2. The van der Waals surface area contributed by atoms with E-state index in [2.05, 4.69) is 114 Å². The fourth-order valence-corrected chi connectivity index (χ4v) is 3.97. The van der Waals surface area contributed by atoms with Crippen LogP contribution in [0.3, 0.4) is 0 Å². The highest BCUT2D eigenvalue weighted by Crippen LogP contribution is 2.28. The predicted molar refractivity (Wildman–Crippen MR) is 115 cm³/mol. The summed E-state index contributed by atoms with van der Waals surface area (Å²) in [6.45, 7) is 0.857. The van der Waals surface area contributed by atoms with Crippen LogP contribution in [-0.4, -0.2) is 6.26 Å². The minimum absolute atomic E-state index is 0.857. The largest absolute Gasteiger partial charge is 0.241 e. The lowest BCUT2D eigenvalue weighted by molar-refractivity contribution is -0.714. The summed E-state index contributed by atoms with van der Waals surface area (Å²) in [6.07, 6.45) is 2.15. The van der Waals surface area contributed by atoms with Gasteiger partial charge < -0.3 is 0 Å². The molecule has 0 atom stereocenters. The van der Waals surface area contributed by atoms with Gasteiger partial charge in [-0.3, -0.25) is 0 Å². The molecule has 0 unspecified atom stereocenters. The van der Waals surface area contributed by atoms with Gasteiger partial charge >= 0.3 is 0 Å². The van der Waals surface area contributed by atoms with Gasteiger partial charge in [-0.15, -0.1) is 0 Å². The molecule has 0 saturated carbocycles. The van der Waals surface area contributed by atoms with Crippen LogP contribution in [0.5, 0.6) is 0 Å². The number of aromatic nitrogens is 1. The molecule has 0 saturated heterocycles. The maximum absolute atomic E-state index is 2.42. The van der Waals surface area contributed by atoms with Gasteiger partial charge in [0.1, 0.15) is 0 Å². The van der Waals surface area contributed by atoms with Gasteiger partial charge in [0.05, 0.1) is 0 Å². The zero-order chi connectivity index (χ0) is 18.5. The summed E-state index contributed by atoms with van der Waals surface area (Å²) in [5, 5.41) is 1.26. The summed E-state index contributed by atoms with van der Waals surface area (Å²) in [5.41, 5.74) is 6.29. The molecule has 0 bridgehead atoms. The van der Waals surface area contributed by atoms with Crippen molar-refractivity contribution in [3.05, 3.63) is 109 Å². The summed E-state index contributed by atoms with van der Waals surface area (Å²) in [6, 6.07) is 36.6. The van der Waals surface area contributed by atoms with Crippen LogP contribution >= 0.6 is 11.8 Å². The Bertz CT molecular complexity index is 1010. The van der Waals surface area contributed by atoms with E-state index in [0.29, 0.717) is 0 Å². The molecule has 0 aliphatic carbocycles. The van der Waals surface area contributed by atoms with E-state index in [9.17, 15) is 0 Å². The van der Waals surface area contributed by atoms with E-state index in [4.69, 9.17) is 0 Å².